The summed E-state index contributed by atoms with van der Waals surface area (Å²) in [5.41, 5.74) is -0.466. The molecule has 0 aliphatic carbocycles. The summed E-state index contributed by atoms with van der Waals surface area (Å²) in [6.45, 7) is 0. The second-order valence-electron chi connectivity index (χ2n) is 2.74. The Morgan fingerprint density at radius 1 is 1.21 bits per heavy atom. The number of hydrogen-bond donors (Lipinski definition) is 0. The number of aromatic nitrogens is 2. The lowest BCUT2D eigenvalue weighted by Crippen LogP contribution is -2.04. The average molecular weight is 197 g/mol. The highest BCUT2D eigenvalue weighted by atomic mass is 19.4. The van der Waals surface area contributed by atoms with E-state index in [1.165, 1.54) is 12.3 Å². The summed E-state index contributed by atoms with van der Waals surface area (Å²) in [5.74, 6) is 0. The number of hydrogen-bond acceptors (Lipinski definition) is 2. The Labute approximate surface area is 77.4 Å². The van der Waals surface area contributed by atoms with Gasteiger partial charge in [-0.3, -0.25) is 0 Å². The third kappa shape index (κ3) is 1.53. The molecule has 0 amide bonds. The molecule has 1 heterocycles. The van der Waals surface area contributed by atoms with Gasteiger partial charge in [-0.2, -0.15) is 13.2 Å². The smallest absolute Gasteiger partial charge is 0.233 e. The fraction of sp³-hybridized carbons (Fsp3) is 0.111. The van der Waals surface area contributed by atoms with Gasteiger partial charge in [-0.05, 0) is 12.1 Å². The van der Waals surface area contributed by atoms with Crippen LogP contribution in [0, 0.1) is 6.33 Å². The minimum absolute atomic E-state index is 0.245. The summed E-state index contributed by atoms with van der Waals surface area (Å²) < 4.78 is 36.8. The van der Waals surface area contributed by atoms with Crippen molar-refractivity contribution in [1.29, 1.82) is 0 Å². The molecule has 1 radical (unpaired) electrons. The third-order valence-corrected chi connectivity index (χ3v) is 1.79. The van der Waals surface area contributed by atoms with Gasteiger partial charge in [0.05, 0.1) is 11.1 Å². The summed E-state index contributed by atoms with van der Waals surface area (Å²) >= 11 is 0. The molecular formula is C9H4F3N2. The van der Waals surface area contributed by atoms with E-state index in [4.69, 9.17) is 0 Å². The fourth-order valence-corrected chi connectivity index (χ4v) is 1.11. The highest BCUT2D eigenvalue weighted by Gasteiger charge is 2.30. The lowest BCUT2D eigenvalue weighted by molar-refractivity contribution is -0.137. The van der Waals surface area contributed by atoms with Crippen molar-refractivity contribution in [3.63, 3.8) is 0 Å². The molecule has 0 atom stereocenters. The van der Waals surface area contributed by atoms with Crippen molar-refractivity contribution in [2.45, 2.75) is 6.18 Å². The predicted molar refractivity (Wildman–Crippen MR) is 43.4 cm³/mol. The maximum atomic E-state index is 12.3. The monoisotopic (exact) mass is 197 g/mol. The van der Waals surface area contributed by atoms with E-state index in [1.54, 1.807) is 0 Å². The quantitative estimate of drug-likeness (QED) is 0.648. The van der Waals surface area contributed by atoms with Gasteiger partial charge in [0.15, 0.2) is 6.33 Å². The Balaban J connectivity index is 2.63. The Morgan fingerprint density at radius 3 is 2.71 bits per heavy atom. The molecule has 0 aliphatic heterocycles. The van der Waals surface area contributed by atoms with Gasteiger partial charge in [0.1, 0.15) is 0 Å². The van der Waals surface area contributed by atoms with Gasteiger partial charge in [0, 0.05) is 11.6 Å². The zero-order chi connectivity index (χ0) is 10.2. The van der Waals surface area contributed by atoms with Crippen LogP contribution in [0.1, 0.15) is 5.56 Å². The van der Waals surface area contributed by atoms with Gasteiger partial charge in [-0.15, -0.1) is 0 Å². The van der Waals surface area contributed by atoms with Crippen molar-refractivity contribution >= 4 is 10.9 Å². The molecule has 0 saturated heterocycles. The van der Waals surface area contributed by atoms with Gasteiger partial charge >= 0.3 is 6.18 Å². The van der Waals surface area contributed by atoms with Crippen molar-refractivity contribution in [2.75, 3.05) is 0 Å². The maximum absolute atomic E-state index is 12.3. The predicted octanol–water partition coefficient (Wildman–Crippen LogP) is 2.45. The first-order valence-corrected chi connectivity index (χ1v) is 3.77. The molecule has 0 fully saturated rings. The topological polar surface area (TPSA) is 25.8 Å². The molecule has 2 nitrogen and oxygen atoms in total. The fourth-order valence-electron chi connectivity index (χ4n) is 1.11. The summed E-state index contributed by atoms with van der Waals surface area (Å²) in [7, 11) is 0. The number of fused-ring (bicyclic) bond motifs is 1. The molecule has 5 heteroatoms. The van der Waals surface area contributed by atoms with Crippen LogP contribution >= 0.6 is 0 Å². The molecule has 14 heavy (non-hydrogen) atoms. The van der Waals surface area contributed by atoms with E-state index >= 15 is 0 Å². The molecule has 0 aliphatic rings. The second kappa shape index (κ2) is 2.94. The number of rotatable bonds is 0. The Hall–Kier alpha value is -1.65. The normalized spacial score (nSPS) is 11.9. The zero-order valence-electron chi connectivity index (χ0n) is 6.84. The van der Waals surface area contributed by atoms with Crippen LogP contribution in [0.25, 0.3) is 10.9 Å². The van der Waals surface area contributed by atoms with E-state index in [9.17, 15) is 13.2 Å². The zero-order valence-corrected chi connectivity index (χ0v) is 6.84. The first-order valence-electron chi connectivity index (χ1n) is 3.77. The molecule has 0 bridgehead atoms. The summed E-state index contributed by atoms with van der Waals surface area (Å²) in [5, 5.41) is 0.566. The molecule has 1 aromatic carbocycles. The second-order valence-corrected chi connectivity index (χ2v) is 2.74. The van der Waals surface area contributed by atoms with Gasteiger partial charge in [-0.25, -0.2) is 9.97 Å². The molecule has 2 aromatic rings. The Bertz CT molecular complexity index is 465. The van der Waals surface area contributed by atoms with Crippen LogP contribution in [0.5, 0.6) is 0 Å². The van der Waals surface area contributed by atoms with Crippen LogP contribution in [0.3, 0.4) is 0 Å². The lowest BCUT2D eigenvalue weighted by atomic mass is 10.1. The van der Waals surface area contributed by atoms with Crippen LogP contribution in [0.2, 0.25) is 0 Å². The van der Waals surface area contributed by atoms with E-state index in [0.29, 0.717) is 5.39 Å². The van der Waals surface area contributed by atoms with E-state index < -0.39 is 11.7 Å². The Kier molecular flexibility index (Phi) is 1.87. The molecule has 0 saturated carbocycles. The third-order valence-electron chi connectivity index (χ3n) is 1.79. The first-order chi connectivity index (χ1) is 6.57. The van der Waals surface area contributed by atoms with Crippen molar-refractivity contribution in [2.24, 2.45) is 0 Å². The standard InChI is InChI=1S/C9H4F3N2/c10-9(11,12)7-2-1-6-4-13-5-14-8(6)3-7/h1-4H. The van der Waals surface area contributed by atoms with Gasteiger partial charge in [0.25, 0.3) is 0 Å². The molecule has 2 rings (SSSR count). The molecule has 0 spiro atoms. The minimum Gasteiger partial charge on any atom is -0.233 e. The van der Waals surface area contributed by atoms with Crippen LogP contribution in [-0.2, 0) is 6.18 Å². The number of benzene rings is 1. The van der Waals surface area contributed by atoms with Crippen LogP contribution in [-0.4, -0.2) is 9.97 Å². The first kappa shape index (κ1) is 8.93. The van der Waals surface area contributed by atoms with E-state index in [2.05, 4.69) is 16.3 Å². The van der Waals surface area contributed by atoms with Gasteiger partial charge in [0.2, 0.25) is 0 Å². The molecule has 0 N–H and O–H groups in total. The van der Waals surface area contributed by atoms with Crippen molar-refractivity contribution < 1.29 is 13.2 Å². The van der Waals surface area contributed by atoms with Gasteiger partial charge in [-0.1, -0.05) is 6.07 Å². The number of alkyl halides is 3. The molecule has 71 valence electrons. The van der Waals surface area contributed by atoms with Gasteiger partial charge < -0.3 is 0 Å². The van der Waals surface area contributed by atoms with Crippen molar-refractivity contribution in [3.8, 4) is 0 Å². The SMILES string of the molecule is FC(F)(F)c1ccc2cn[c]nc2c1. The highest BCUT2D eigenvalue weighted by molar-refractivity contribution is 5.77. The minimum atomic E-state index is -4.33. The van der Waals surface area contributed by atoms with Crippen molar-refractivity contribution in [1.82, 2.24) is 9.97 Å². The largest absolute Gasteiger partial charge is 0.416 e. The molecule has 0 unspecified atom stereocenters. The van der Waals surface area contributed by atoms with E-state index in [-0.39, 0.29) is 5.52 Å². The van der Waals surface area contributed by atoms with E-state index in [0.717, 1.165) is 12.1 Å². The highest BCUT2D eigenvalue weighted by Crippen LogP contribution is 2.30. The maximum Gasteiger partial charge on any atom is 0.416 e. The van der Waals surface area contributed by atoms with Crippen LogP contribution in [0.4, 0.5) is 13.2 Å². The summed E-state index contributed by atoms with van der Waals surface area (Å²) in [6.07, 6.45) is -0.668. The van der Waals surface area contributed by atoms with Crippen molar-refractivity contribution in [3.05, 3.63) is 36.3 Å². The number of halogens is 3. The lowest BCUT2D eigenvalue weighted by Gasteiger charge is -2.06. The van der Waals surface area contributed by atoms with Crippen LogP contribution in [0.15, 0.2) is 24.4 Å². The number of nitrogens with zero attached hydrogens (tertiary/aromatic N) is 2. The molecule has 1 aromatic heterocycles. The summed E-state index contributed by atoms with van der Waals surface area (Å²) in [6, 6.07) is 3.32. The Morgan fingerprint density at radius 2 is 2.00 bits per heavy atom. The molecular weight excluding hydrogens is 193 g/mol. The average Bonchev–Trinajstić information content (AvgIpc) is 2.16. The van der Waals surface area contributed by atoms with Crippen LogP contribution < -0.4 is 0 Å². The summed E-state index contributed by atoms with van der Waals surface area (Å²) in [4.78, 5) is 7.21. The van der Waals surface area contributed by atoms with E-state index in [1.807, 2.05) is 0 Å².